The molecule has 0 aliphatic heterocycles. The average Bonchev–Trinajstić information content (AvgIpc) is 3.20. The van der Waals surface area contributed by atoms with Crippen molar-refractivity contribution in [2.24, 2.45) is 51.4 Å². The molecule has 0 radical (unpaired) electrons. The predicted octanol–water partition coefficient (Wildman–Crippen LogP) is -6.09. The minimum absolute atomic E-state index is 0.00857. The second kappa shape index (κ2) is 26.8. The van der Waals surface area contributed by atoms with Crippen molar-refractivity contribution in [2.45, 2.75) is 142 Å². The Morgan fingerprint density at radius 3 is 1.76 bits per heavy atom. The number of aliphatic hydroxyl groups excluding tert-OH is 3. The molecule has 25 heteroatoms. The topological polar surface area (TPSA) is 440 Å². The van der Waals surface area contributed by atoms with Crippen LogP contribution in [0.2, 0.25) is 1.41 Å². The molecule has 0 aliphatic carbocycles. The molecular weight excluding hydrogens is 820 g/mol. The summed E-state index contributed by atoms with van der Waals surface area (Å²) in [4.78, 5) is 121. The van der Waals surface area contributed by atoms with Crippen molar-refractivity contribution in [2.75, 3.05) is 13.1 Å². The van der Waals surface area contributed by atoms with Crippen molar-refractivity contribution in [3.8, 4) is 0 Å². The van der Waals surface area contributed by atoms with Gasteiger partial charge in [-0.1, -0.05) is 48.0 Å². The molecule has 8 amide bonds. The van der Waals surface area contributed by atoms with Crippen molar-refractivity contribution in [3.63, 3.8) is 0 Å². The molecule has 62 heavy (non-hydrogen) atoms. The van der Waals surface area contributed by atoms with Crippen LogP contribution in [0, 0.1) is 17.8 Å². The maximum atomic E-state index is 14.0. The number of hydrogen-bond donors (Lipinski definition) is 14. The molecule has 354 valence electrons. The van der Waals surface area contributed by atoms with E-state index in [4.69, 9.17) is 30.1 Å². The zero-order valence-corrected chi connectivity index (χ0v) is 36.4. The van der Waals surface area contributed by atoms with E-state index in [2.05, 4.69) is 26.3 Å². The van der Waals surface area contributed by atoms with Gasteiger partial charge in [0.05, 0.1) is 18.8 Å². The number of aliphatic hydroxyl groups is 3. The summed E-state index contributed by atoms with van der Waals surface area (Å²) in [5, 5.41) is 50.1. The minimum Gasteiger partial charge on any atom is -0.480 e. The molecular formula is C37H68N12O13. The third kappa shape index (κ3) is 18.2. The van der Waals surface area contributed by atoms with Crippen molar-refractivity contribution in [3.05, 3.63) is 0 Å². The molecule has 25 nitrogen and oxygen atoms in total. The lowest BCUT2D eigenvalue weighted by molar-refractivity contribution is -0.159. The van der Waals surface area contributed by atoms with Crippen LogP contribution in [0.25, 0.3) is 0 Å². The Balaban J connectivity index is 6.57. The first-order valence-electron chi connectivity index (χ1n) is 20.5. The second-order valence-electron chi connectivity index (χ2n) is 15.7. The number of carboxylic acid groups (broad SMARTS) is 1. The molecule has 0 heterocycles. The van der Waals surface area contributed by atoms with Crippen molar-refractivity contribution in [1.29, 1.82) is 0 Å². The maximum absolute atomic E-state index is 14.0. The number of carboxylic acids is 1. The monoisotopic (exact) mass is 890 g/mol. The van der Waals surface area contributed by atoms with Gasteiger partial charge in [-0.15, -0.1) is 0 Å². The fraction of sp³-hybridized carbons (Fsp3) is 0.730. The smallest absolute Gasteiger partial charge is 0.326 e. The first kappa shape index (κ1) is 54.5. The lowest BCUT2D eigenvalue weighted by Gasteiger charge is -2.30. The number of carbonyl (C=O) groups excluding carboxylic acids is 8. The first-order valence-corrected chi connectivity index (χ1v) is 20.0. The van der Waals surface area contributed by atoms with E-state index in [9.17, 15) is 63.6 Å². The van der Waals surface area contributed by atoms with E-state index in [-0.39, 0.29) is 49.0 Å². The van der Waals surface area contributed by atoms with Crippen molar-refractivity contribution in [1.82, 2.24) is 31.5 Å². The average molecular weight is 890 g/mol. The van der Waals surface area contributed by atoms with Gasteiger partial charge in [-0.2, -0.15) is 0 Å². The van der Waals surface area contributed by atoms with E-state index in [0.717, 1.165) is 13.8 Å². The zero-order valence-electron chi connectivity index (χ0n) is 37.4. The Kier molecular flexibility index (Phi) is 23.5. The third-order valence-corrected chi connectivity index (χ3v) is 9.63. The van der Waals surface area contributed by atoms with Gasteiger partial charge < -0.3 is 75.7 Å². The quantitative estimate of drug-likeness (QED) is 0.0207. The summed E-state index contributed by atoms with van der Waals surface area (Å²) in [6.45, 7) is 10.8. The number of nitrogens with one attached hydrogen (secondary N) is 5. The van der Waals surface area contributed by atoms with Crippen LogP contribution in [0.3, 0.4) is 0 Å². The second-order valence-corrected chi connectivity index (χ2v) is 15.7. The van der Waals surface area contributed by atoms with E-state index in [1.54, 1.807) is 41.5 Å². The van der Waals surface area contributed by atoms with Gasteiger partial charge in [0.1, 0.15) is 42.3 Å². The number of aliphatic imine (C=N–C) groups is 1. The Bertz CT molecular complexity index is 1650. The van der Waals surface area contributed by atoms with Crippen LogP contribution < -0.4 is 55.2 Å². The number of primary amides is 1. The SMILES string of the molecule is [2H]N(C(=O)[C@@H](N)[C@H](O)C(C)C)[C@@H](CC(C)C)C(=O)N[C@@H](CCCN=C(N)N)C(=O)N[C@H](C(=O)N[C@H](C(=O)NCC(=O)N(C(=O)[C@@H](N)[C@H](O)C(N)=O)[C@@H](C)C(=O)O)[C@H](C)O)[C@@H](C)CC. The summed E-state index contributed by atoms with van der Waals surface area (Å²) in [5.74, 6) is -12.9. The molecule has 0 fully saturated rings. The summed E-state index contributed by atoms with van der Waals surface area (Å²) in [6.07, 6.45) is -5.14. The Morgan fingerprint density at radius 1 is 0.742 bits per heavy atom. The number of imide groups is 1. The number of nitrogens with two attached hydrogens (primary N) is 5. The zero-order chi connectivity index (χ0) is 49.2. The van der Waals surface area contributed by atoms with Gasteiger partial charge in [0, 0.05) is 6.54 Å². The largest absolute Gasteiger partial charge is 0.480 e. The Labute approximate surface area is 361 Å². The molecule has 0 unspecified atom stereocenters. The van der Waals surface area contributed by atoms with Gasteiger partial charge in [-0.3, -0.25) is 48.2 Å². The van der Waals surface area contributed by atoms with Gasteiger partial charge in [0.25, 0.3) is 0 Å². The molecule has 0 rings (SSSR count). The van der Waals surface area contributed by atoms with E-state index >= 15 is 0 Å². The number of amides is 8. The van der Waals surface area contributed by atoms with E-state index in [1.807, 2.05) is 0 Å². The molecule has 0 aliphatic rings. The number of aliphatic carboxylic acids is 1. The molecule has 0 spiro atoms. The van der Waals surface area contributed by atoms with Crippen LogP contribution in [-0.2, 0) is 43.2 Å². The first-order chi connectivity index (χ1) is 29.0. The van der Waals surface area contributed by atoms with Crippen LogP contribution >= 0.6 is 0 Å². The number of guanidine groups is 1. The molecule has 0 bridgehead atoms. The van der Waals surface area contributed by atoms with Crippen LogP contribution in [0.15, 0.2) is 4.99 Å². The predicted molar refractivity (Wildman–Crippen MR) is 222 cm³/mol. The summed E-state index contributed by atoms with van der Waals surface area (Å²) >= 11 is 0. The minimum atomic E-state index is -2.31. The van der Waals surface area contributed by atoms with E-state index in [1.165, 1.54) is 0 Å². The van der Waals surface area contributed by atoms with Gasteiger partial charge >= 0.3 is 5.97 Å². The fourth-order valence-corrected chi connectivity index (χ4v) is 5.58. The van der Waals surface area contributed by atoms with Gasteiger partial charge in [-0.05, 0) is 50.9 Å². The van der Waals surface area contributed by atoms with Gasteiger partial charge in [0.15, 0.2) is 13.5 Å². The molecule has 0 saturated heterocycles. The van der Waals surface area contributed by atoms with Crippen LogP contribution in [0.5, 0.6) is 0 Å². The third-order valence-electron chi connectivity index (χ3n) is 9.63. The van der Waals surface area contributed by atoms with Crippen molar-refractivity contribution >= 4 is 59.2 Å². The molecule has 0 aromatic heterocycles. The number of carbonyl (C=O) groups is 9. The fourth-order valence-electron chi connectivity index (χ4n) is 5.58. The van der Waals surface area contributed by atoms with Crippen LogP contribution in [0.1, 0.15) is 81.1 Å². The summed E-state index contributed by atoms with van der Waals surface area (Å²) in [7, 11) is 0. The lowest BCUT2D eigenvalue weighted by Crippen LogP contribution is -2.62. The van der Waals surface area contributed by atoms with E-state index < -0.39 is 132 Å². The normalized spacial score (nSPS) is 16.9. The number of nitrogens with zero attached hydrogens (tertiary/aromatic N) is 2. The molecule has 19 N–H and O–H groups in total. The van der Waals surface area contributed by atoms with E-state index in [0.29, 0.717) is 5.31 Å². The van der Waals surface area contributed by atoms with Crippen LogP contribution in [0.4, 0.5) is 0 Å². The lowest BCUT2D eigenvalue weighted by atomic mass is 9.96. The highest BCUT2D eigenvalue weighted by molar-refractivity contribution is 6.05. The maximum Gasteiger partial charge on any atom is 0.326 e. The van der Waals surface area contributed by atoms with Crippen LogP contribution in [-0.4, -0.2) is 158 Å². The summed E-state index contributed by atoms with van der Waals surface area (Å²) < 4.78 is 8.54. The van der Waals surface area contributed by atoms with Gasteiger partial charge in [-0.25, -0.2) is 4.79 Å². The number of rotatable bonds is 27. The molecule has 11 atom stereocenters. The Morgan fingerprint density at radius 2 is 1.29 bits per heavy atom. The highest BCUT2D eigenvalue weighted by Gasteiger charge is 2.40. The van der Waals surface area contributed by atoms with Gasteiger partial charge in [0.2, 0.25) is 47.3 Å². The number of hydrogen-bond acceptors (Lipinski definition) is 15. The molecule has 0 aromatic rings. The molecule has 0 aromatic carbocycles. The summed E-state index contributed by atoms with van der Waals surface area (Å²) in [5.41, 5.74) is 27.3. The standard InChI is InChI=1S/C37H68N12O13/c1-9-17(6)25(34(59)48-26(19(8)50)33(58)44-14-22(51)49(18(7)36(61)62)35(60)24(39)28(53)29(40)54)47-30(55)20(11-10-12-43-37(41)42)45-31(56)21(13-15(2)3)46-32(57)23(38)27(52)16(4)5/h15-21,23-28,50,52-53H,9-14,38-39H2,1-8H3,(H2,40,54)(H,44,58)(H,45,56)(H,46,57)(H,47,55)(H,48,59)(H,61,62)(H4,41,42,43)/t17-,18-,19-,20-,21-,23-,24-,25-,26-,27+,28-/m0/s1/i/hD. The Hall–Kier alpha value is -5.50. The molecule has 0 saturated carbocycles. The highest BCUT2D eigenvalue weighted by atomic mass is 16.4. The highest BCUT2D eigenvalue weighted by Crippen LogP contribution is 2.13. The summed E-state index contributed by atoms with van der Waals surface area (Å²) in [6, 6.07) is -11.8. The van der Waals surface area contributed by atoms with Crippen molar-refractivity contribution < 1.29 is 65.0 Å².